The molecule has 2 unspecified atom stereocenters. The molecule has 1 amide bonds. The van der Waals surface area contributed by atoms with Crippen molar-refractivity contribution >= 4 is 23.6 Å². The van der Waals surface area contributed by atoms with E-state index in [1.54, 1.807) is 11.8 Å². The topological polar surface area (TPSA) is 66.4 Å². The predicted molar refractivity (Wildman–Crippen MR) is 84.3 cm³/mol. The van der Waals surface area contributed by atoms with Gasteiger partial charge in [0.2, 0.25) is 5.91 Å². The van der Waals surface area contributed by atoms with Gasteiger partial charge in [-0.15, -0.1) is 11.8 Å². The molecular formula is C16H21NO3S. The van der Waals surface area contributed by atoms with Crippen LogP contribution in [-0.4, -0.2) is 27.5 Å². The number of benzene rings is 1. The minimum Gasteiger partial charge on any atom is -0.481 e. The predicted octanol–water partition coefficient (Wildman–Crippen LogP) is 2.99. The first-order valence-electron chi connectivity index (χ1n) is 7.23. The number of hydrogen-bond acceptors (Lipinski definition) is 3. The van der Waals surface area contributed by atoms with Crippen LogP contribution in [0.3, 0.4) is 0 Å². The molecule has 1 aliphatic rings. The highest BCUT2D eigenvalue weighted by Gasteiger charge is 2.38. The fourth-order valence-electron chi connectivity index (χ4n) is 2.54. The van der Waals surface area contributed by atoms with Gasteiger partial charge in [-0.2, -0.15) is 0 Å². The molecule has 2 rings (SSSR count). The molecule has 0 bridgehead atoms. The molecule has 0 aliphatic carbocycles. The molecule has 1 aromatic rings. The van der Waals surface area contributed by atoms with Crippen LogP contribution in [-0.2, 0) is 9.59 Å². The van der Waals surface area contributed by atoms with Crippen LogP contribution in [0.2, 0.25) is 0 Å². The molecular weight excluding hydrogens is 286 g/mol. The molecule has 0 radical (unpaired) electrons. The van der Waals surface area contributed by atoms with Gasteiger partial charge in [-0.05, 0) is 37.5 Å². The van der Waals surface area contributed by atoms with E-state index >= 15 is 0 Å². The van der Waals surface area contributed by atoms with Gasteiger partial charge in [0.05, 0.1) is 10.8 Å². The lowest BCUT2D eigenvalue weighted by atomic mass is 9.99. The molecule has 0 spiro atoms. The number of aliphatic carboxylic acids is 1. The van der Waals surface area contributed by atoms with Crippen LogP contribution in [0.5, 0.6) is 0 Å². The van der Waals surface area contributed by atoms with Gasteiger partial charge < -0.3 is 10.4 Å². The van der Waals surface area contributed by atoms with Crippen molar-refractivity contribution in [2.75, 3.05) is 5.75 Å². The van der Waals surface area contributed by atoms with Crippen LogP contribution in [0, 0.1) is 0 Å². The zero-order chi connectivity index (χ0) is 15.3. The fraction of sp³-hybridized carbons (Fsp3) is 0.500. The summed E-state index contributed by atoms with van der Waals surface area (Å²) in [7, 11) is 0. The second-order valence-corrected chi connectivity index (χ2v) is 7.15. The van der Waals surface area contributed by atoms with E-state index in [1.165, 1.54) is 0 Å². The molecule has 0 aromatic heterocycles. The third-order valence-electron chi connectivity index (χ3n) is 3.85. The van der Waals surface area contributed by atoms with Crippen molar-refractivity contribution in [3.8, 4) is 0 Å². The minimum absolute atomic E-state index is 0.0178. The number of carbonyl (C=O) groups is 2. The third kappa shape index (κ3) is 4.24. The van der Waals surface area contributed by atoms with Crippen LogP contribution < -0.4 is 5.32 Å². The summed E-state index contributed by atoms with van der Waals surface area (Å²) in [6.07, 6.45) is 2.39. The lowest BCUT2D eigenvalue weighted by Crippen LogP contribution is -2.42. The summed E-state index contributed by atoms with van der Waals surface area (Å²) in [6.45, 7) is 1.97. The first-order valence-corrected chi connectivity index (χ1v) is 8.21. The van der Waals surface area contributed by atoms with E-state index in [9.17, 15) is 9.59 Å². The standard InChI is InChI=1S/C16H21NO3S/c1-16(10-5-11-21-16)15(20)17-13(8-9-14(18)19)12-6-3-2-4-7-12/h2-4,6-7,13H,5,8-11H2,1H3,(H,17,20)(H,18,19). The summed E-state index contributed by atoms with van der Waals surface area (Å²) in [5.41, 5.74) is 0.957. The van der Waals surface area contributed by atoms with E-state index in [1.807, 2.05) is 37.3 Å². The van der Waals surface area contributed by atoms with Gasteiger partial charge in [0.1, 0.15) is 0 Å². The maximum atomic E-state index is 12.5. The van der Waals surface area contributed by atoms with Crippen molar-refractivity contribution in [3.05, 3.63) is 35.9 Å². The monoisotopic (exact) mass is 307 g/mol. The molecule has 1 heterocycles. The van der Waals surface area contributed by atoms with Crippen LogP contribution in [0.4, 0.5) is 0 Å². The number of amides is 1. The normalized spacial score (nSPS) is 22.7. The number of carboxylic acid groups (broad SMARTS) is 1. The van der Waals surface area contributed by atoms with Gasteiger partial charge in [-0.25, -0.2) is 0 Å². The number of carboxylic acids is 1. The Hall–Kier alpha value is -1.49. The number of hydrogen-bond donors (Lipinski definition) is 2. The molecule has 5 heteroatoms. The zero-order valence-electron chi connectivity index (χ0n) is 12.2. The van der Waals surface area contributed by atoms with Gasteiger partial charge in [0.25, 0.3) is 0 Å². The molecule has 4 nitrogen and oxygen atoms in total. The van der Waals surface area contributed by atoms with Crippen molar-refractivity contribution in [2.24, 2.45) is 0 Å². The van der Waals surface area contributed by atoms with E-state index < -0.39 is 5.97 Å². The molecule has 2 N–H and O–H groups in total. The average molecular weight is 307 g/mol. The number of carbonyl (C=O) groups excluding carboxylic acids is 1. The van der Waals surface area contributed by atoms with Crippen molar-refractivity contribution in [1.82, 2.24) is 5.32 Å². The summed E-state index contributed by atoms with van der Waals surface area (Å²) in [6, 6.07) is 9.33. The van der Waals surface area contributed by atoms with Crippen molar-refractivity contribution in [1.29, 1.82) is 0 Å². The lowest BCUT2D eigenvalue weighted by molar-refractivity contribution is -0.137. The van der Waals surface area contributed by atoms with Gasteiger partial charge in [-0.3, -0.25) is 9.59 Å². The Morgan fingerprint density at radius 3 is 2.67 bits per heavy atom. The SMILES string of the molecule is CC1(C(=O)NC(CCC(=O)O)c2ccccc2)CCCS1. The number of nitrogens with one attached hydrogen (secondary N) is 1. The Kier molecular flexibility index (Phi) is 5.28. The van der Waals surface area contributed by atoms with Crippen molar-refractivity contribution in [2.45, 2.75) is 43.4 Å². The molecule has 1 fully saturated rings. The highest BCUT2D eigenvalue weighted by Crippen LogP contribution is 2.38. The summed E-state index contributed by atoms with van der Waals surface area (Å²) in [5.74, 6) is 0.186. The zero-order valence-corrected chi connectivity index (χ0v) is 13.0. The van der Waals surface area contributed by atoms with E-state index in [-0.39, 0.29) is 23.1 Å². The minimum atomic E-state index is -0.841. The number of rotatable bonds is 6. The summed E-state index contributed by atoms with van der Waals surface area (Å²) >= 11 is 1.69. The van der Waals surface area contributed by atoms with Gasteiger partial charge >= 0.3 is 5.97 Å². The molecule has 1 aromatic carbocycles. The van der Waals surface area contributed by atoms with Crippen LogP contribution in [0.25, 0.3) is 0 Å². The van der Waals surface area contributed by atoms with Crippen molar-refractivity contribution in [3.63, 3.8) is 0 Å². The summed E-state index contributed by atoms with van der Waals surface area (Å²) in [4.78, 5) is 23.3. The third-order valence-corrected chi connectivity index (χ3v) is 5.37. The summed E-state index contributed by atoms with van der Waals surface area (Å²) < 4.78 is -0.379. The highest BCUT2D eigenvalue weighted by atomic mass is 32.2. The smallest absolute Gasteiger partial charge is 0.303 e. The molecule has 114 valence electrons. The highest BCUT2D eigenvalue weighted by molar-refractivity contribution is 8.01. The first-order chi connectivity index (χ1) is 10.0. The molecule has 1 saturated heterocycles. The Morgan fingerprint density at radius 1 is 1.38 bits per heavy atom. The van der Waals surface area contributed by atoms with Gasteiger partial charge in [0.15, 0.2) is 0 Å². The van der Waals surface area contributed by atoms with E-state index in [0.29, 0.717) is 6.42 Å². The maximum absolute atomic E-state index is 12.5. The molecule has 21 heavy (non-hydrogen) atoms. The lowest BCUT2D eigenvalue weighted by Gasteiger charge is -2.26. The second-order valence-electron chi connectivity index (χ2n) is 5.55. The van der Waals surface area contributed by atoms with E-state index in [2.05, 4.69) is 5.32 Å². The van der Waals surface area contributed by atoms with Crippen LogP contribution in [0.1, 0.15) is 44.2 Å². The summed E-state index contributed by atoms with van der Waals surface area (Å²) in [5, 5.41) is 11.9. The largest absolute Gasteiger partial charge is 0.481 e. The quantitative estimate of drug-likeness (QED) is 0.848. The first kappa shape index (κ1) is 15.9. The molecule has 2 atom stereocenters. The van der Waals surface area contributed by atoms with Gasteiger partial charge in [0, 0.05) is 6.42 Å². The van der Waals surface area contributed by atoms with Gasteiger partial charge in [-0.1, -0.05) is 30.3 Å². The second kappa shape index (κ2) is 6.98. The molecule has 1 aliphatic heterocycles. The average Bonchev–Trinajstić information content (AvgIpc) is 2.92. The Labute approximate surface area is 129 Å². The molecule has 0 saturated carbocycles. The van der Waals surface area contributed by atoms with Crippen LogP contribution in [0.15, 0.2) is 30.3 Å². The van der Waals surface area contributed by atoms with Crippen molar-refractivity contribution < 1.29 is 14.7 Å². The Balaban J connectivity index is 2.08. The Morgan fingerprint density at radius 2 is 2.10 bits per heavy atom. The van der Waals surface area contributed by atoms with E-state index in [0.717, 1.165) is 24.2 Å². The number of thioether (sulfide) groups is 1. The van der Waals surface area contributed by atoms with E-state index in [4.69, 9.17) is 5.11 Å². The maximum Gasteiger partial charge on any atom is 0.303 e. The van der Waals surface area contributed by atoms with Crippen LogP contribution >= 0.6 is 11.8 Å². The Bertz CT molecular complexity index is 498. The fourth-order valence-corrected chi connectivity index (χ4v) is 3.76.